The molecule has 1 N–H and O–H groups in total. The van der Waals surface area contributed by atoms with Crippen molar-refractivity contribution in [1.29, 1.82) is 0 Å². The van der Waals surface area contributed by atoms with Gasteiger partial charge >= 0.3 is 0 Å². The molecule has 2 fully saturated rings. The lowest BCUT2D eigenvalue weighted by atomic mass is 9.98. The van der Waals surface area contributed by atoms with Gasteiger partial charge in [-0.15, -0.1) is 0 Å². The van der Waals surface area contributed by atoms with Gasteiger partial charge in [0.1, 0.15) is 0 Å². The van der Waals surface area contributed by atoms with Crippen LogP contribution >= 0.6 is 0 Å². The van der Waals surface area contributed by atoms with E-state index in [0.717, 1.165) is 25.7 Å². The van der Waals surface area contributed by atoms with Gasteiger partial charge in [0.25, 0.3) is 0 Å². The van der Waals surface area contributed by atoms with Crippen molar-refractivity contribution in [3.05, 3.63) is 0 Å². The summed E-state index contributed by atoms with van der Waals surface area (Å²) in [6, 6.07) is 1.25. The Kier molecular flexibility index (Phi) is 5.93. The molecule has 3 atom stereocenters. The second kappa shape index (κ2) is 7.46. The van der Waals surface area contributed by atoms with E-state index in [-0.39, 0.29) is 0 Å². The van der Waals surface area contributed by atoms with Gasteiger partial charge < -0.3 is 10.1 Å². The highest BCUT2D eigenvalue weighted by Crippen LogP contribution is 2.24. The molecule has 3 heteroatoms. The fourth-order valence-electron chi connectivity index (χ4n) is 3.51. The zero-order valence-electron chi connectivity index (χ0n) is 12.2. The number of rotatable bonds is 4. The van der Waals surface area contributed by atoms with E-state index < -0.39 is 0 Å². The third-order valence-corrected chi connectivity index (χ3v) is 4.72. The first kappa shape index (κ1) is 14.3. The quantitative estimate of drug-likeness (QED) is 0.833. The molecule has 2 saturated heterocycles. The van der Waals surface area contributed by atoms with Gasteiger partial charge in [-0.2, -0.15) is 0 Å². The largest absolute Gasteiger partial charge is 0.380 e. The third-order valence-electron chi connectivity index (χ3n) is 4.72. The topological polar surface area (TPSA) is 24.5 Å². The molecule has 0 radical (unpaired) electrons. The summed E-state index contributed by atoms with van der Waals surface area (Å²) in [5.41, 5.74) is 0. The van der Waals surface area contributed by atoms with Crippen molar-refractivity contribution < 1.29 is 4.74 Å². The number of likely N-dealkylation sites (tertiary alicyclic amines) is 1. The van der Waals surface area contributed by atoms with Crippen LogP contribution in [0, 0.1) is 5.92 Å². The van der Waals surface area contributed by atoms with Crippen LogP contribution in [0.3, 0.4) is 0 Å². The summed E-state index contributed by atoms with van der Waals surface area (Å²) in [5.74, 6) is 0.956. The molecule has 0 aromatic rings. The lowest BCUT2D eigenvalue weighted by Crippen LogP contribution is -2.55. The molecule has 0 aromatic heterocycles. The average Bonchev–Trinajstić information content (AvgIpc) is 2.65. The van der Waals surface area contributed by atoms with Gasteiger partial charge in [0.05, 0.1) is 6.61 Å². The molecule has 2 aliphatic heterocycles. The van der Waals surface area contributed by atoms with E-state index in [2.05, 4.69) is 24.1 Å². The van der Waals surface area contributed by atoms with Crippen molar-refractivity contribution in [2.75, 3.05) is 32.8 Å². The number of nitrogens with zero attached hydrogens (tertiary/aromatic N) is 1. The Hall–Kier alpha value is -0.120. The second-order valence-corrected chi connectivity index (χ2v) is 5.84. The van der Waals surface area contributed by atoms with Crippen molar-refractivity contribution in [2.45, 2.75) is 58.0 Å². The molecular formula is C15H30N2O. The lowest BCUT2D eigenvalue weighted by Gasteiger charge is -2.39. The Morgan fingerprint density at radius 2 is 2.06 bits per heavy atom. The Labute approximate surface area is 112 Å². The van der Waals surface area contributed by atoms with E-state index in [1.54, 1.807) is 0 Å². The third kappa shape index (κ3) is 3.69. The molecule has 0 aliphatic carbocycles. The summed E-state index contributed by atoms with van der Waals surface area (Å²) in [7, 11) is 0. The highest BCUT2D eigenvalue weighted by molar-refractivity contribution is 4.88. The van der Waals surface area contributed by atoms with Crippen molar-refractivity contribution in [2.24, 2.45) is 5.92 Å². The molecule has 3 nitrogen and oxygen atoms in total. The van der Waals surface area contributed by atoms with Gasteiger partial charge in [-0.1, -0.05) is 20.3 Å². The van der Waals surface area contributed by atoms with E-state index in [1.807, 2.05) is 0 Å². The van der Waals surface area contributed by atoms with Crippen molar-refractivity contribution in [1.82, 2.24) is 10.2 Å². The fourth-order valence-corrected chi connectivity index (χ4v) is 3.51. The molecule has 2 rings (SSSR count). The predicted octanol–water partition coefficient (Wildman–Crippen LogP) is 2.27. The van der Waals surface area contributed by atoms with Crippen molar-refractivity contribution in [3.8, 4) is 0 Å². The Morgan fingerprint density at radius 3 is 2.83 bits per heavy atom. The summed E-state index contributed by atoms with van der Waals surface area (Å²) in [6.07, 6.45) is 6.70. The minimum atomic E-state index is 0.606. The van der Waals surface area contributed by atoms with Crippen LogP contribution in [0.4, 0.5) is 0 Å². The molecule has 2 aliphatic rings. The van der Waals surface area contributed by atoms with Crippen LogP contribution in [0.2, 0.25) is 0 Å². The summed E-state index contributed by atoms with van der Waals surface area (Å²) >= 11 is 0. The van der Waals surface area contributed by atoms with E-state index in [1.165, 1.54) is 45.2 Å². The molecule has 0 spiro atoms. The maximum Gasteiger partial charge on any atom is 0.0637 e. The zero-order valence-corrected chi connectivity index (χ0v) is 12.2. The molecule has 106 valence electrons. The molecule has 0 amide bonds. The average molecular weight is 254 g/mol. The minimum absolute atomic E-state index is 0.606. The van der Waals surface area contributed by atoms with Crippen LogP contribution < -0.4 is 5.32 Å². The molecule has 3 unspecified atom stereocenters. The summed E-state index contributed by atoms with van der Waals surface area (Å²) in [5, 5.41) is 3.66. The monoisotopic (exact) mass is 254 g/mol. The van der Waals surface area contributed by atoms with E-state index in [9.17, 15) is 0 Å². The van der Waals surface area contributed by atoms with Crippen LogP contribution in [0.15, 0.2) is 0 Å². The Bertz CT molecular complexity index is 233. The first-order chi connectivity index (χ1) is 8.85. The number of nitrogens with one attached hydrogen (secondary N) is 1. The Morgan fingerprint density at radius 1 is 1.17 bits per heavy atom. The van der Waals surface area contributed by atoms with E-state index in [4.69, 9.17) is 4.74 Å². The van der Waals surface area contributed by atoms with Gasteiger partial charge in [0.2, 0.25) is 0 Å². The van der Waals surface area contributed by atoms with E-state index in [0.29, 0.717) is 12.1 Å². The SMILES string of the molecule is CCNC1CCOCC1N1CCCC(CC)CC1. The van der Waals surface area contributed by atoms with Crippen molar-refractivity contribution >= 4 is 0 Å². The Balaban J connectivity index is 1.91. The maximum absolute atomic E-state index is 5.72. The summed E-state index contributed by atoms with van der Waals surface area (Å²) < 4.78 is 5.72. The highest BCUT2D eigenvalue weighted by Gasteiger charge is 2.31. The van der Waals surface area contributed by atoms with Gasteiger partial charge in [-0.3, -0.25) is 4.90 Å². The first-order valence-corrected chi connectivity index (χ1v) is 7.90. The number of ether oxygens (including phenoxy) is 1. The lowest BCUT2D eigenvalue weighted by molar-refractivity contribution is -0.00201. The van der Waals surface area contributed by atoms with E-state index >= 15 is 0 Å². The van der Waals surface area contributed by atoms with Crippen LogP contribution in [-0.2, 0) is 4.74 Å². The molecular weight excluding hydrogens is 224 g/mol. The molecule has 2 heterocycles. The number of hydrogen-bond acceptors (Lipinski definition) is 3. The number of likely N-dealkylation sites (N-methyl/N-ethyl adjacent to an activating group) is 1. The minimum Gasteiger partial charge on any atom is -0.380 e. The van der Waals surface area contributed by atoms with Gasteiger partial charge in [0.15, 0.2) is 0 Å². The van der Waals surface area contributed by atoms with Crippen molar-refractivity contribution in [3.63, 3.8) is 0 Å². The van der Waals surface area contributed by atoms with Crippen LogP contribution in [-0.4, -0.2) is 49.8 Å². The number of hydrogen-bond donors (Lipinski definition) is 1. The van der Waals surface area contributed by atoms with Crippen LogP contribution in [0.1, 0.15) is 46.0 Å². The zero-order chi connectivity index (χ0) is 12.8. The summed E-state index contributed by atoms with van der Waals surface area (Å²) in [4.78, 5) is 2.70. The van der Waals surface area contributed by atoms with Crippen LogP contribution in [0.5, 0.6) is 0 Å². The summed E-state index contributed by atoms with van der Waals surface area (Å²) in [6.45, 7) is 10.0. The fraction of sp³-hybridized carbons (Fsp3) is 1.00. The maximum atomic E-state index is 5.72. The molecule has 0 aromatic carbocycles. The molecule has 0 saturated carbocycles. The normalized spacial score (nSPS) is 35.3. The van der Waals surface area contributed by atoms with Gasteiger partial charge in [0, 0.05) is 18.7 Å². The first-order valence-electron chi connectivity index (χ1n) is 7.90. The second-order valence-electron chi connectivity index (χ2n) is 5.84. The highest BCUT2D eigenvalue weighted by atomic mass is 16.5. The molecule has 0 bridgehead atoms. The van der Waals surface area contributed by atoms with Gasteiger partial charge in [-0.05, 0) is 51.2 Å². The molecule has 18 heavy (non-hydrogen) atoms. The predicted molar refractivity (Wildman–Crippen MR) is 75.9 cm³/mol. The van der Waals surface area contributed by atoms with Crippen LogP contribution in [0.25, 0.3) is 0 Å². The van der Waals surface area contributed by atoms with Gasteiger partial charge in [-0.25, -0.2) is 0 Å². The smallest absolute Gasteiger partial charge is 0.0637 e. The standard InChI is InChI=1S/C15H30N2O/c1-3-13-6-5-9-17(10-7-13)15-12-18-11-8-14(15)16-4-2/h13-16H,3-12H2,1-2H3.